The van der Waals surface area contributed by atoms with E-state index in [1.165, 1.54) is 18.4 Å². The van der Waals surface area contributed by atoms with Crippen LogP contribution in [0.1, 0.15) is 52.0 Å². The Hall–Kier alpha value is -3.17. The molecule has 2 amide bonds. The second-order valence-corrected chi connectivity index (χ2v) is 11.9. The van der Waals surface area contributed by atoms with Gasteiger partial charge in [-0.3, -0.25) is 19.3 Å². The fraction of sp³-hybridized carbons (Fsp3) is 0.519. The Morgan fingerprint density at radius 1 is 1.17 bits per heavy atom. The first-order valence-corrected chi connectivity index (χ1v) is 12.7. The molecule has 4 atom stereocenters. The Morgan fingerprint density at radius 2 is 1.97 bits per heavy atom. The van der Waals surface area contributed by atoms with Crippen LogP contribution in [0.15, 0.2) is 29.1 Å². The van der Waals surface area contributed by atoms with E-state index in [0.29, 0.717) is 18.8 Å². The first kappa shape index (κ1) is 22.1. The van der Waals surface area contributed by atoms with Crippen molar-refractivity contribution >= 4 is 11.8 Å². The molecule has 36 heavy (non-hydrogen) atoms. The molecule has 2 heterocycles. The van der Waals surface area contributed by atoms with Crippen LogP contribution in [0.2, 0.25) is 0 Å². The Balaban J connectivity index is 1.35. The number of primary amides is 1. The highest BCUT2D eigenvalue weighted by Crippen LogP contribution is 2.70. The van der Waals surface area contributed by atoms with Crippen LogP contribution in [0.5, 0.6) is 5.75 Å². The van der Waals surface area contributed by atoms with Crippen molar-refractivity contribution in [3.8, 4) is 5.75 Å². The molecular formula is C27H30N4O5. The van der Waals surface area contributed by atoms with Gasteiger partial charge in [-0.15, -0.1) is 0 Å². The van der Waals surface area contributed by atoms with Gasteiger partial charge in [-0.25, -0.2) is 0 Å². The van der Waals surface area contributed by atoms with Crippen molar-refractivity contribution in [3.05, 3.63) is 62.6 Å². The summed E-state index contributed by atoms with van der Waals surface area (Å²) in [5, 5.41) is 25.5. The lowest BCUT2D eigenvalue weighted by Crippen LogP contribution is -2.71. The number of rotatable bonds is 5. The maximum absolute atomic E-state index is 12.9. The van der Waals surface area contributed by atoms with Gasteiger partial charge in [-0.1, -0.05) is 6.07 Å². The number of nitrogens with two attached hydrogens (primary N) is 1. The Bertz CT molecular complexity index is 1400. The predicted octanol–water partition coefficient (Wildman–Crippen LogP) is 0.104. The molecule has 5 aliphatic rings. The number of carbonyl (C=O) groups excluding carboxylic acids is 2. The van der Waals surface area contributed by atoms with Crippen molar-refractivity contribution in [1.29, 1.82) is 0 Å². The highest BCUT2D eigenvalue weighted by molar-refractivity contribution is 5.96. The monoisotopic (exact) mass is 490 g/mol. The third-order valence-corrected chi connectivity index (χ3v) is 9.56. The first-order chi connectivity index (χ1) is 17.1. The number of H-pyrrole nitrogens is 1. The highest BCUT2D eigenvalue weighted by Gasteiger charge is 2.78. The first-order valence-electron chi connectivity index (χ1n) is 12.7. The number of carbonyl (C=O) groups is 2. The Labute approximate surface area is 207 Å². The van der Waals surface area contributed by atoms with E-state index in [2.05, 4.69) is 15.2 Å². The molecule has 2 spiro atoms. The molecule has 4 aliphatic carbocycles. The summed E-state index contributed by atoms with van der Waals surface area (Å²) in [4.78, 5) is 42.0. The molecule has 2 aromatic rings. The number of pyridine rings is 1. The zero-order chi connectivity index (χ0) is 25.0. The zero-order valence-corrected chi connectivity index (χ0v) is 20.0. The number of phenolic OH excluding ortho intramolecular Hbond substituents is 1. The summed E-state index contributed by atoms with van der Waals surface area (Å²) in [6.45, 7) is 1.58. The van der Waals surface area contributed by atoms with Gasteiger partial charge in [0.2, 0.25) is 5.91 Å². The maximum Gasteiger partial charge on any atom is 0.261 e. The lowest BCUT2D eigenvalue weighted by Gasteiger charge is -2.58. The molecule has 1 aromatic carbocycles. The fourth-order valence-corrected chi connectivity index (χ4v) is 8.25. The van der Waals surface area contributed by atoms with E-state index >= 15 is 0 Å². The summed E-state index contributed by atoms with van der Waals surface area (Å²) in [6, 6.07) is 7.06. The predicted molar refractivity (Wildman–Crippen MR) is 130 cm³/mol. The number of aromatic nitrogens is 1. The number of benzene rings is 1. The molecule has 3 fully saturated rings. The molecule has 0 radical (unpaired) electrons. The largest absolute Gasteiger partial charge is 0.508 e. The minimum absolute atomic E-state index is 0.0210. The van der Waals surface area contributed by atoms with Crippen LogP contribution in [0.3, 0.4) is 0 Å². The van der Waals surface area contributed by atoms with Crippen molar-refractivity contribution in [3.63, 3.8) is 0 Å². The number of aliphatic hydroxyl groups is 1. The van der Waals surface area contributed by atoms with E-state index in [9.17, 15) is 24.6 Å². The molecule has 9 heteroatoms. The van der Waals surface area contributed by atoms with E-state index in [0.717, 1.165) is 42.8 Å². The number of aromatic hydroxyl groups is 1. The van der Waals surface area contributed by atoms with Crippen molar-refractivity contribution in [1.82, 2.24) is 15.2 Å². The number of hydrogen-bond donors (Lipinski definition) is 5. The lowest BCUT2D eigenvalue weighted by molar-refractivity contribution is -0.148. The summed E-state index contributed by atoms with van der Waals surface area (Å²) in [6.07, 6.45) is 4.89. The molecule has 1 saturated heterocycles. The van der Waals surface area contributed by atoms with Gasteiger partial charge in [0.25, 0.3) is 11.5 Å². The maximum atomic E-state index is 12.9. The number of amides is 2. The zero-order valence-electron chi connectivity index (χ0n) is 20.0. The van der Waals surface area contributed by atoms with Crippen molar-refractivity contribution in [2.24, 2.45) is 17.1 Å². The Morgan fingerprint density at radius 3 is 2.72 bits per heavy atom. The summed E-state index contributed by atoms with van der Waals surface area (Å²) in [7, 11) is 0. The van der Waals surface area contributed by atoms with Crippen LogP contribution < -0.4 is 16.6 Å². The average Bonchev–Trinajstić information content (AvgIpc) is 3.60. The molecule has 1 aliphatic heterocycles. The average molecular weight is 491 g/mol. The molecule has 9 nitrogen and oxygen atoms in total. The van der Waals surface area contributed by atoms with Gasteiger partial charge in [-0.2, -0.15) is 0 Å². The molecule has 4 unspecified atom stereocenters. The molecular weight excluding hydrogens is 460 g/mol. The molecule has 1 aromatic heterocycles. The summed E-state index contributed by atoms with van der Waals surface area (Å²) >= 11 is 0. The lowest BCUT2D eigenvalue weighted by atomic mass is 9.58. The van der Waals surface area contributed by atoms with Gasteiger partial charge in [-0.05, 0) is 66.5 Å². The second-order valence-electron chi connectivity index (χ2n) is 11.9. The number of phenols is 1. The van der Waals surface area contributed by atoms with E-state index in [-0.39, 0.29) is 29.3 Å². The molecule has 2 bridgehead atoms. The smallest absolute Gasteiger partial charge is 0.261 e. The van der Waals surface area contributed by atoms with Gasteiger partial charge >= 0.3 is 0 Å². The highest BCUT2D eigenvalue weighted by atomic mass is 16.3. The number of fused-ring (bicyclic) bond motifs is 3. The number of nitrogens with one attached hydrogen (secondary N) is 2. The second kappa shape index (κ2) is 6.98. The molecule has 6 N–H and O–H groups in total. The molecule has 2 saturated carbocycles. The van der Waals surface area contributed by atoms with Crippen LogP contribution in [-0.4, -0.2) is 63.2 Å². The summed E-state index contributed by atoms with van der Waals surface area (Å²) in [5.74, 6) is -0.487. The summed E-state index contributed by atoms with van der Waals surface area (Å²) < 4.78 is 0. The van der Waals surface area contributed by atoms with Crippen LogP contribution in [0.4, 0.5) is 0 Å². The third-order valence-electron chi connectivity index (χ3n) is 9.56. The van der Waals surface area contributed by atoms with Gasteiger partial charge in [0, 0.05) is 48.5 Å². The van der Waals surface area contributed by atoms with Crippen molar-refractivity contribution < 1.29 is 19.8 Å². The summed E-state index contributed by atoms with van der Waals surface area (Å²) in [5.41, 5.74) is 6.34. The standard InChI is InChI=1S/C27H30N4O5/c28-21(33)10-29-22(34)18-5-16-8-27(36)24-25(13-31(24)11-14-1-2-14)7-15-3-4-17(32)6-19(15)26(27,12-25)9-20(16)30-23(18)35/h3-6,14,24,32,36H,1-2,7-13H2,(H2,28,33)(H,29,34)(H,30,35). The van der Waals surface area contributed by atoms with Crippen LogP contribution >= 0.6 is 0 Å². The third kappa shape index (κ3) is 2.81. The van der Waals surface area contributed by atoms with Gasteiger partial charge in [0.05, 0.1) is 12.1 Å². The molecule has 188 valence electrons. The van der Waals surface area contributed by atoms with E-state index in [1.54, 1.807) is 18.2 Å². The minimum Gasteiger partial charge on any atom is -0.508 e. The minimum atomic E-state index is -1.11. The normalized spacial score (nSPS) is 33.5. The van der Waals surface area contributed by atoms with Gasteiger partial charge < -0.3 is 26.2 Å². The number of likely N-dealkylation sites (tertiary alicyclic amines) is 1. The number of nitrogens with zero attached hydrogens (tertiary/aromatic N) is 1. The topological polar surface area (TPSA) is 149 Å². The Kier molecular flexibility index (Phi) is 4.28. The van der Waals surface area contributed by atoms with Crippen LogP contribution in [0.25, 0.3) is 0 Å². The van der Waals surface area contributed by atoms with E-state index < -0.39 is 28.4 Å². The van der Waals surface area contributed by atoms with Crippen molar-refractivity contribution in [2.45, 2.75) is 55.6 Å². The van der Waals surface area contributed by atoms with Crippen molar-refractivity contribution in [2.75, 3.05) is 19.6 Å². The molecule has 7 rings (SSSR count). The van der Waals surface area contributed by atoms with Crippen LogP contribution in [-0.2, 0) is 29.5 Å². The van der Waals surface area contributed by atoms with Crippen LogP contribution in [0, 0.1) is 11.3 Å². The van der Waals surface area contributed by atoms with Gasteiger partial charge in [0.15, 0.2) is 0 Å². The van der Waals surface area contributed by atoms with Gasteiger partial charge in [0.1, 0.15) is 11.3 Å². The quantitative estimate of drug-likeness (QED) is 0.402. The van der Waals surface area contributed by atoms with E-state index in [4.69, 9.17) is 5.73 Å². The number of aromatic amines is 1. The fourth-order valence-electron chi connectivity index (χ4n) is 8.25. The van der Waals surface area contributed by atoms with E-state index in [1.807, 2.05) is 6.07 Å². The number of hydrogen-bond acceptors (Lipinski definition) is 6. The SMILES string of the molecule is NC(=O)CNC(=O)c1cc2c([nH]c1=O)CC13CC4(Cc5ccc(O)cc51)CN(CC1CC1)C4C3(O)C2.